The van der Waals surface area contributed by atoms with Gasteiger partial charge < -0.3 is 9.47 Å². The quantitative estimate of drug-likeness (QED) is 0.165. The molecule has 2 atom stereocenters. The number of hydrogen-bond acceptors (Lipinski definition) is 5. The molecule has 46 heavy (non-hydrogen) atoms. The topological polar surface area (TPSA) is 70.4 Å². The largest absolute Gasteiger partial charge is 0.489 e. The molecule has 1 heterocycles. The summed E-state index contributed by atoms with van der Waals surface area (Å²) in [5, 5.41) is 4.23. The van der Waals surface area contributed by atoms with Gasteiger partial charge in [0.1, 0.15) is 24.3 Å². The fourth-order valence-corrected chi connectivity index (χ4v) is 6.71. The Kier molecular flexibility index (Phi) is 11.0. The van der Waals surface area contributed by atoms with E-state index < -0.39 is 6.10 Å². The molecule has 244 valence electrons. The van der Waals surface area contributed by atoms with Crippen molar-refractivity contribution in [3.8, 4) is 5.75 Å². The zero-order chi connectivity index (χ0) is 33.8. The Morgan fingerprint density at radius 1 is 1.07 bits per heavy atom. The zero-order valence-electron chi connectivity index (χ0n) is 28.7. The smallest absolute Gasteiger partial charge is 0.170 e. The molecule has 0 fully saturated rings. The van der Waals surface area contributed by atoms with Crippen LogP contribution in [0, 0.1) is 26.6 Å². The van der Waals surface area contributed by atoms with Crippen molar-refractivity contribution in [1.29, 1.82) is 0 Å². The van der Waals surface area contributed by atoms with Crippen molar-refractivity contribution in [2.75, 3.05) is 7.11 Å². The Morgan fingerprint density at radius 3 is 2.43 bits per heavy atom. The summed E-state index contributed by atoms with van der Waals surface area (Å²) >= 11 is 0. The molecule has 1 aromatic heterocycles. The van der Waals surface area contributed by atoms with E-state index in [-0.39, 0.29) is 28.7 Å². The van der Waals surface area contributed by atoms with Gasteiger partial charge in [-0.2, -0.15) is 5.10 Å². The fraction of sp³-hybridized carbons (Fsp3) is 0.410. The standard InChI is InChI=1S/C20H24O3.C19H23FN2O/c1-5-18(21)20(22-4)17-9-7-6-8-16(17)13-23-19-12-14(2)10-11-15(19)3;1-11-9-19(3,4)18-15(20)7-6-13(17(11)18)8-16(23)14-10-22(5)21-12(14)2/h6-12,20H,5,13H2,1-4H3;6-7,10-11H,8-9H2,1-5H3. The van der Waals surface area contributed by atoms with Crippen molar-refractivity contribution in [2.45, 2.75) is 91.8 Å². The number of hydrogen-bond donors (Lipinski definition) is 0. The lowest BCUT2D eigenvalue weighted by Crippen LogP contribution is -2.16. The molecule has 1 aliphatic carbocycles. The highest BCUT2D eigenvalue weighted by Crippen LogP contribution is 2.48. The van der Waals surface area contributed by atoms with Gasteiger partial charge in [-0.3, -0.25) is 14.3 Å². The Morgan fingerprint density at radius 2 is 1.78 bits per heavy atom. The Balaban J connectivity index is 0.000000209. The van der Waals surface area contributed by atoms with Crippen LogP contribution in [0.25, 0.3) is 0 Å². The first-order valence-electron chi connectivity index (χ1n) is 16.0. The number of nitrogens with zero attached hydrogens (tertiary/aromatic N) is 2. The summed E-state index contributed by atoms with van der Waals surface area (Å²) in [4.78, 5) is 24.8. The normalized spacial score (nSPS) is 15.5. The third-order valence-corrected chi connectivity index (χ3v) is 8.88. The summed E-state index contributed by atoms with van der Waals surface area (Å²) in [6.45, 7) is 14.5. The van der Waals surface area contributed by atoms with Gasteiger partial charge >= 0.3 is 0 Å². The van der Waals surface area contributed by atoms with Gasteiger partial charge in [0.25, 0.3) is 0 Å². The minimum absolute atomic E-state index is 0.0429. The maximum Gasteiger partial charge on any atom is 0.170 e. The molecule has 2 unspecified atom stereocenters. The van der Waals surface area contributed by atoms with Crippen molar-refractivity contribution in [2.24, 2.45) is 7.05 Å². The van der Waals surface area contributed by atoms with Crippen LogP contribution in [-0.4, -0.2) is 28.5 Å². The number of aryl methyl sites for hydroxylation is 4. The maximum atomic E-state index is 14.4. The average Bonchev–Trinajstić information content (AvgIpc) is 3.49. The molecule has 0 saturated heterocycles. The van der Waals surface area contributed by atoms with E-state index >= 15 is 0 Å². The van der Waals surface area contributed by atoms with Gasteiger partial charge in [-0.05, 0) is 89.6 Å². The molecule has 0 saturated carbocycles. The second-order valence-electron chi connectivity index (χ2n) is 13.1. The minimum atomic E-state index is -0.529. The van der Waals surface area contributed by atoms with Gasteiger partial charge in [-0.25, -0.2) is 4.39 Å². The van der Waals surface area contributed by atoms with E-state index in [0.717, 1.165) is 56.8 Å². The van der Waals surface area contributed by atoms with Crippen LogP contribution in [0.4, 0.5) is 4.39 Å². The predicted molar refractivity (Wildman–Crippen MR) is 180 cm³/mol. The number of rotatable bonds is 10. The number of fused-ring (bicyclic) bond motifs is 1. The van der Waals surface area contributed by atoms with Crippen LogP contribution in [0.5, 0.6) is 5.75 Å². The molecule has 0 amide bonds. The summed E-state index contributed by atoms with van der Waals surface area (Å²) in [6.07, 6.45) is 2.89. The number of carbonyl (C=O) groups excluding carboxylic acids is 2. The number of methoxy groups -OCH3 is 1. The number of aromatic nitrogens is 2. The Labute approximate surface area is 272 Å². The van der Waals surface area contributed by atoms with Crippen LogP contribution in [-0.2, 0) is 35.0 Å². The molecule has 7 heteroatoms. The summed E-state index contributed by atoms with van der Waals surface area (Å²) in [5.41, 5.74) is 8.10. The van der Waals surface area contributed by atoms with Crippen molar-refractivity contribution < 1.29 is 23.5 Å². The number of ether oxygens (including phenoxy) is 2. The van der Waals surface area contributed by atoms with Crippen LogP contribution in [0.1, 0.15) is 108 Å². The second kappa shape index (κ2) is 14.5. The van der Waals surface area contributed by atoms with E-state index in [0.29, 0.717) is 25.0 Å². The van der Waals surface area contributed by atoms with Crippen LogP contribution < -0.4 is 4.74 Å². The molecule has 5 rings (SSSR count). The highest BCUT2D eigenvalue weighted by atomic mass is 19.1. The summed E-state index contributed by atoms with van der Waals surface area (Å²) in [6, 6.07) is 17.2. The van der Waals surface area contributed by atoms with Crippen molar-refractivity contribution >= 4 is 11.6 Å². The minimum Gasteiger partial charge on any atom is -0.489 e. The average molecular weight is 627 g/mol. The summed E-state index contributed by atoms with van der Waals surface area (Å²) in [5.74, 6) is 1.11. The number of benzene rings is 3. The first kappa shape index (κ1) is 34.8. The molecule has 0 aliphatic heterocycles. The third-order valence-electron chi connectivity index (χ3n) is 8.88. The molecular formula is C39H47FN2O4. The molecule has 0 bridgehead atoms. The molecule has 0 radical (unpaired) electrons. The van der Waals surface area contributed by atoms with Crippen LogP contribution in [0.3, 0.4) is 0 Å². The first-order valence-corrected chi connectivity index (χ1v) is 16.0. The first-order chi connectivity index (χ1) is 21.8. The lowest BCUT2D eigenvalue weighted by molar-refractivity contribution is -0.128. The van der Waals surface area contributed by atoms with Gasteiger partial charge in [0.15, 0.2) is 11.6 Å². The number of carbonyl (C=O) groups is 2. The van der Waals surface area contributed by atoms with E-state index in [1.165, 1.54) is 6.07 Å². The molecule has 0 spiro atoms. The van der Waals surface area contributed by atoms with Gasteiger partial charge in [0.05, 0.1) is 11.3 Å². The van der Waals surface area contributed by atoms with E-state index in [1.807, 2.05) is 65.1 Å². The van der Waals surface area contributed by atoms with Crippen molar-refractivity contribution in [3.05, 3.63) is 117 Å². The van der Waals surface area contributed by atoms with E-state index in [2.05, 4.69) is 38.0 Å². The Bertz CT molecular complexity index is 1720. The lowest BCUT2D eigenvalue weighted by atomic mass is 9.85. The summed E-state index contributed by atoms with van der Waals surface area (Å²) < 4.78 is 27.4. The zero-order valence-corrected chi connectivity index (χ0v) is 28.7. The van der Waals surface area contributed by atoms with Gasteiger partial charge in [-0.15, -0.1) is 0 Å². The van der Waals surface area contributed by atoms with Crippen molar-refractivity contribution in [1.82, 2.24) is 9.78 Å². The van der Waals surface area contributed by atoms with Crippen LogP contribution in [0.15, 0.2) is 60.8 Å². The van der Waals surface area contributed by atoms with Crippen LogP contribution in [0.2, 0.25) is 0 Å². The number of halogens is 1. The number of Topliss-reactive ketones (excluding diaryl/α,β-unsaturated/α-hetero) is 2. The third kappa shape index (κ3) is 7.64. The maximum absolute atomic E-state index is 14.4. The molecule has 0 N–H and O–H groups in total. The molecule has 6 nitrogen and oxygen atoms in total. The molecular weight excluding hydrogens is 579 g/mol. The molecule has 4 aromatic rings. The fourth-order valence-electron chi connectivity index (χ4n) is 6.71. The number of ketones is 2. The van der Waals surface area contributed by atoms with Crippen LogP contribution >= 0.6 is 0 Å². The highest BCUT2D eigenvalue weighted by Gasteiger charge is 2.39. The summed E-state index contributed by atoms with van der Waals surface area (Å²) in [7, 11) is 3.38. The van der Waals surface area contributed by atoms with Crippen molar-refractivity contribution in [3.63, 3.8) is 0 Å². The molecule has 3 aromatic carbocycles. The van der Waals surface area contributed by atoms with Gasteiger partial charge in [0, 0.05) is 33.2 Å². The SMILES string of the molecule is CCC(=O)C(OC)c1ccccc1COc1cc(C)ccc1C.Cc1nn(C)cc1C(=O)Cc1ccc(F)c2c1C(C)CC2(C)C. The highest BCUT2D eigenvalue weighted by molar-refractivity contribution is 5.98. The van der Waals surface area contributed by atoms with Gasteiger partial charge in [-0.1, -0.05) is 70.2 Å². The second-order valence-corrected chi connectivity index (χ2v) is 13.1. The monoisotopic (exact) mass is 626 g/mol. The van der Waals surface area contributed by atoms with E-state index in [1.54, 1.807) is 24.1 Å². The Hall–Kier alpha value is -4.10. The van der Waals surface area contributed by atoms with E-state index in [4.69, 9.17) is 9.47 Å². The van der Waals surface area contributed by atoms with Gasteiger partial charge in [0.2, 0.25) is 0 Å². The molecule has 1 aliphatic rings. The lowest BCUT2D eigenvalue weighted by Gasteiger charge is -2.20. The van der Waals surface area contributed by atoms with E-state index in [9.17, 15) is 14.0 Å². The predicted octanol–water partition coefficient (Wildman–Crippen LogP) is 8.63.